The minimum atomic E-state index is 0.626. The first-order valence-electron chi connectivity index (χ1n) is 6.15. The third-order valence-electron chi connectivity index (χ3n) is 3.11. The molecule has 0 fully saturated rings. The molecule has 0 unspecified atom stereocenters. The average Bonchev–Trinajstić information content (AvgIpc) is 3.14. The summed E-state index contributed by atoms with van der Waals surface area (Å²) in [6, 6.07) is 11.8. The molecule has 0 aliphatic rings. The molecule has 6 heteroatoms. The third-order valence-corrected chi connectivity index (χ3v) is 4.04. The largest absolute Gasteiger partial charge is 0.461 e. The number of aromatic nitrogens is 4. The Morgan fingerprint density at radius 1 is 1.10 bits per heavy atom. The molecule has 0 N–H and O–H groups in total. The molecule has 98 valence electrons. The standard InChI is InChI=1S/C14H10N4OS/c1-9-5-2-3-6-10(9)13-17-18-12(11-7-4-8-19-11)15-16-14(18)20-13/h2-8H,1H3. The lowest BCUT2D eigenvalue weighted by molar-refractivity contribution is 0.575. The van der Waals surface area contributed by atoms with E-state index in [0.29, 0.717) is 11.6 Å². The molecule has 0 saturated carbocycles. The first-order chi connectivity index (χ1) is 9.83. The minimum absolute atomic E-state index is 0.626. The first-order valence-corrected chi connectivity index (χ1v) is 6.97. The van der Waals surface area contributed by atoms with Gasteiger partial charge < -0.3 is 4.42 Å². The van der Waals surface area contributed by atoms with Crippen LogP contribution in [0.2, 0.25) is 0 Å². The Morgan fingerprint density at radius 3 is 2.80 bits per heavy atom. The van der Waals surface area contributed by atoms with Crippen molar-refractivity contribution in [2.45, 2.75) is 6.92 Å². The van der Waals surface area contributed by atoms with E-state index >= 15 is 0 Å². The number of rotatable bonds is 2. The van der Waals surface area contributed by atoms with Crippen LogP contribution in [0.3, 0.4) is 0 Å². The summed E-state index contributed by atoms with van der Waals surface area (Å²) in [6.07, 6.45) is 1.62. The Labute approximate surface area is 118 Å². The van der Waals surface area contributed by atoms with Crippen molar-refractivity contribution in [3.63, 3.8) is 0 Å². The van der Waals surface area contributed by atoms with Crippen molar-refractivity contribution in [2.75, 3.05) is 0 Å². The minimum Gasteiger partial charge on any atom is -0.461 e. The SMILES string of the molecule is Cc1ccccc1-c1nn2c(-c3ccco3)nnc2s1. The zero-order valence-corrected chi connectivity index (χ0v) is 11.5. The number of nitrogens with zero attached hydrogens (tertiary/aromatic N) is 4. The highest BCUT2D eigenvalue weighted by Crippen LogP contribution is 2.29. The highest BCUT2D eigenvalue weighted by molar-refractivity contribution is 7.19. The molecule has 5 nitrogen and oxygen atoms in total. The fraction of sp³-hybridized carbons (Fsp3) is 0.0714. The lowest BCUT2D eigenvalue weighted by Gasteiger charge is -1.99. The highest BCUT2D eigenvalue weighted by Gasteiger charge is 2.16. The van der Waals surface area contributed by atoms with Crippen molar-refractivity contribution in [3.05, 3.63) is 48.2 Å². The number of aryl methyl sites for hydroxylation is 1. The van der Waals surface area contributed by atoms with Gasteiger partial charge in [-0.25, -0.2) is 0 Å². The van der Waals surface area contributed by atoms with E-state index in [-0.39, 0.29) is 0 Å². The summed E-state index contributed by atoms with van der Waals surface area (Å²) in [5.74, 6) is 1.29. The molecule has 4 rings (SSSR count). The van der Waals surface area contributed by atoms with Crippen LogP contribution in [0.25, 0.3) is 27.1 Å². The van der Waals surface area contributed by atoms with Gasteiger partial charge in [-0.3, -0.25) is 0 Å². The van der Waals surface area contributed by atoms with E-state index in [9.17, 15) is 0 Å². The van der Waals surface area contributed by atoms with Crippen LogP contribution in [0.15, 0.2) is 47.1 Å². The fourth-order valence-electron chi connectivity index (χ4n) is 2.10. The Balaban J connectivity index is 1.91. The van der Waals surface area contributed by atoms with Gasteiger partial charge in [0.2, 0.25) is 10.8 Å². The summed E-state index contributed by atoms with van der Waals surface area (Å²) in [5.41, 5.74) is 2.31. The van der Waals surface area contributed by atoms with E-state index in [4.69, 9.17) is 4.42 Å². The second-order valence-electron chi connectivity index (χ2n) is 4.42. The van der Waals surface area contributed by atoms with Gasteiger partial charge in [-0.05, 0) is 24.6 Å². The summed E-state index contributed by atoms with van der Waals surface area (Å²) >= 11 is 1.52. The molecule has 0 spiro atoms. The molecule has 1 aromatic carbocycles. The number of fused-ring (bicyclic) bond motifs is 1. The lowest BCUT2D eigenvalue weighted by Crippen LogP contribution is -1.90. The van der Waals surface area contributed by atoms with E-state index in [1.165, 1.54) is 16.9 Å². The van der Waals surface area contributed by atoms with Crippen LogP contribution in [0, 0.1) is 6.92 Å². The van der Waals surface area contributed by atoms with Crippen LogP contribution in [0.5, 0.6) is 0 Å². The fourth-order valence-corrected chi connectivity index (χ4v) is 3.03. The summed E-state index contributed by atoms with van der Waals surface area (Å²) in [5, 5.41) is 13.8. The van der Waals surface area contributed by atoms with Crippen molar-refractivity contribution >= 4 is 16.3 Å². The smallest absolute Gasteiger partial charge is 0.235 e. The van der Waals surface area contributed by atoms with Crippen molar-refractivity contribution in [1.29, 1.82) is 0 Å². The molecule has 0 saturated heterocycles. The van der Waals surface area contributed by atoms with Gasteiger partial charge in [0, 0.05) is 5.56 Å². The van der Waals surface area contributed by atoms with E-state index in [1.54, 1.807) is 10.8 Å². The molecule has 0 radical (unpaired) electrons. The van der Waals surface area contributed by atoms with E-state index in [1.807, 2.05) is 24.3 Å². The van der Waals surface area contributed by atoms with Gasteiger partial charge in [0.05, 0.1) is 6.26 Å². The maximum absolute atomic E-state index is 5.37. The van der Waals surface area contributed by atoms with Gasteiger partial charge >= 0.3 is 0 Å². The summed E-state index contributed by atoms with van der Waals surface area (Å²) < 4.78 is 7.09. The van der Waals surface area contributed by atoms with Gasteiger partial charge in [0.15, 0.2) is 5.76 Å². The van der Waals surface area contributed by atoms with Gasteiger partial charge in [0.25, 0.3) is 0 Å². The second-order valence-corrected chi connectivity index (χ2v) is 5.37. The third kappa shape index (κ3) is 1.65. The lowest BCUT2D eigenvalue weighted by atomic mass is 10.1. The van der Waals surface area contributed by atoms with Crippen molar-refractivity contribution in [3.8, 4) is 22.2 Å². The van der Waals surface area contributed by atoms with Crippen LogP contribution < -0.4 is 0 Å². The highest BCUT2D eigenvalue weighted by atomic mass is 32.1. The van der Waals surface area contributed by atoms with Gasteiger partial charge in [-0.15, -0.1) is 10.2 Å². The maximum Gasteiger partial charge on any atom is 0.235 e. The number of hydrogen-bond donors (Lipinski definition) is 0. The summed E-state index contributed by atoms with van der Waals surface area (Å²) in [4.78, 5) is 0.759. The Hall–Kier alpha value is -2.47. The molecular weight excluding hydrogens is 272 g/mol. The number of benzene rings is 1. The molecule has 0 aliphatic carbocycles. The van der Waals surface area contributed by atoms with Crippen LogP contribution in [-0.4, -0.2) is 19.8 Å². The van der Waals surface area contributed by atoms with E-state index in [0.717, 1.165) is 15.5 Å². The average molecular weight is 282 g/mol. The Bertz CT molecular complexity index is 876. The second kappa shape index (κ2) is 4.28. The predicted octanol–water partition coefficient (Wildman–Crippen LogP) is 3.42. The monoisotopic (exact) mass is 282 g/mol. The van der Waals surface area contributed by atoms with Crippen molar-refractivity contribution in [1.82, 2.24) is 19.8 Å². The molecule has 0 aliphatic heterocycles. The quantitative estimate of drug-likeness (QED) is 0.565. The Kier molecular flexibility index (Phi) is 2.43. The molecule has 20 heavy (non-hydrogen) atoms. The molecular formula is C14H10N4OS. The molecule has 4 aromatic rings. The van der Waals surface area contributed by atoms with Crippen LogP contribution >= 0.6 is 11.3 Å². The van der Waals surface area contributed by atoms with Crippen LogP contribution in [0.1, 0.15) is 5.56 Å². The molecule has 3 aromatic heterocycles. The number of hydrogen-bond acceptors (Lipinski definition) is 5. The van der Waals surface area contributed by atoms with Gasteiger partial charge in [-0.1, -0.05) is 35.6 Å². The van der Waals surface area contributed by atoms with E-state index in [2.05, 4.69) is 34.4 Å². The van der Waals surface area contributed by atoms with Crippen molar-refractivity contribution < 1.29 is 4.42 Å². The topological polar surface area (TPSA) is 56.2 Å². The molecule has 0 amide bonds. The maximum atomic E-state index is 5.37. The van der Waals surface area contributed by atoms with Gasteiger partial charge in [-0.2, -0.15) is 9.61 Å². The van der Waals surface area contributed by atoms with Crippen molar-refractivity contribution in [2.24, 2.45) is 0 Å². The molecule has 0 atom stereocenters. The van der Waals surface area contributed by atoms with Crippen LogP contribution in [0.4, 0.5) is 0 Å². The van der Waals surface area contributed by atoms with E-state index < -0.39 is 0 Å². The number of furan rings is 1. The zero-order chi connectivity index (χ0) is 13.5. The molecule has 0 bridgehead atoms. The summed E-state index contributed by atoms with van der Waals surface area (Å²) in [7, 11) is 0. The van der Waals surface area contributed by atoms with Crippen LogP contribution in [-0.2, 0) is 0 Å². The normalized spacial score (nSPS) is 11.2. The first kappa shape index (κ1) is 11.4. The molecule has 3 heterocycles. The predicted molar refractivity (Wildman–Crippen MR) is 76.5 cm³/mol. The van der Waals surface area contributed by atoms with Gasteiger partial charge in [0.1, 0.15) is 5.01 Å². The Morgan fingerprint density at radius 2 is 2.00 bits per heavy atom. The summed E-state index contributed by atoms with van der Waals surface area (Å²) in [6.45, 7) is 2.07. The zero-order valence-electron chi connectivity index (χ0n) is 10.6.